The zero-order valence-electron chi connectivity index (χ0n) is 12.2. The molecule has 0 saturated carbocycles. The standard InChI is InChI=1S/C15H20ClN3O2/c1-9(2)15(5-6-18-8-15)14(21)19-12-7-10(13(17)20)3-4-11(12)16/h3-4,7,9,18H,5-6,8H2,1-2H3,(H2,17,20)(H,19,21). The Morgan fingerprint density at radius 3 is 2.67 bits per heavy atom. The Labute approximate surface area is 129 Å². The van der Waals surface area contributed by atoms with E-state index in [1.165, 1.54) is 12.1 Å². The maximum atomic E-state index is 12.7. The van der Waals surface area contributed by atoms with Gasteiger partial charge in [-0.05, 0) is 37.1 Å². The van der Waals surface area contributed by atoms with E-state index in [-0.39, 0.29) is 11.8 Å². The number of rotatable bonds is 4. The first-order valence-electron chi connectivity index (χ1n) is 6.98. The second kappa shape index (κ2) is 6.03. The lowest BCUT2D eigenvalue weighted by Gasteiger charge is -2.31. The van der Waals surface area contributed by atoms with Gasteiger partial charge in [0.1, 0.15) is 0 Å². The van der Waals surface area contributed by atoms with E-state index in [1.54, 1.807) is 6.07 Å². The SMILES string of the molecule is CC(C)C1(C(=O)Nc2cc(C(N)=O)ccc2Cl)CCNC1. The molecule has 0 aromatic heterocycles. The monoisotopic (exact) mass is 309 g/mol. The number of anilines is 1. The molecule has 5 nitrogen and oxygen atoms in total. The second-order valence-corrected chi connectivity index (χ2v) is 6.16. The van der Waals surface area contributed by atoms with Crippen LogP contribution in [0.1, 0.15) is 30.6 Å². The summed E-state index contributed by atoms with van der Waals surface area (Å²) < 4.78 is 0. The quantitative estimate of drug-likeness (QED) is 0.795. The van der Waals surface area contributed by atoms with Crippen LogP contribution in [0.4, 0.5) is 5.69 Å². The van der Waals surface area contributed by atoms with Gasteiger partial charge in [-0.3, -0.25) is 9.59 Å². The average Bonchev–Trinajstić information content (AvgIpc) is 2.91. The van der Waals surface area contributed by atoms with E-state index < -0.39 is 11.3 Å². The molecule has 1 heterocycles. The Balaban J connectivity index is 2.26. The fourth-order valence-electron chi connectivity index (χ4n) is 2.68. The number of halogens is 1. The highest BCUT2D eigenvalue weighted by atomic mass is 35.5. The van der Waals surface area contributed by atoms with Crippen molar-refractivity contribution in [3.05, 3.63) is 28.8 Å². The third kappa shape index (κ3) is 3.04. The summed E-state index contributed by atoms with van der Waals surface area (Å²) in [6.07, 6.45) is 0.781. The van der Waals surface area contributed by atoms with E-state index in [9.17, 15) is 9.59 Å². The molecule has 114 valence electrons. The van der Waals surface area contributed by atoms with Crippen LogP contribution in [-0.2, 0) is 4.79 Å². The zero-order valence-corrected chi connectivity index (χ0v) is 13.0. The Kier molecular flexibility index (Phi) is 4.54. The molecule has 1 aliphatic rings. The van der Waals surface area contributed by atoms with Crippen LogP contribution in [0, 0.1) is 11.3 Å². The van der Waals surface area contributed by atoms with E-state index in [4.69, 9.17) is 17.3 Å². The number of nitrogens with one attached hydrogen (secondary N) is 2. The molecule has 1 aromatic rings. The van der Waals surface area contributed by atoms with Crippen molar-refractivity contribution in [1.29, 1.82) is 0 Å². The summed E-state index contributed by atoms with van der Waals surface area (Å²) in [5.41, 5.74) is 5.54. The van der Waals surface area contributed by atoms with Crippen LogP contribution in [0.3, 0.4) is 0 Å². The minimum Gasteiger partial charge on any atom is -0.366 e. The molecule has 0 aliphatic carbocycles. The highest BCUT2D eigenvalue weighted by molar-refractivity contribution is 6.34. The van der Waals surface area contributed by atoms with E-state index in [2.05, 4.69) is 10.6 Å². The van der Waals surface area contributed by atoms with Crippen molar-refractivity contribution >= 4 is 29.1 Å². The minimum absolute atomic E-state index is 0.0778. The van der Waals surface area contributed by atoms with Gasteiger partial charge in [0.2, 0.25) is 11.8 Å². The largest absolute Gasteiger partial charge is 0.366 e. The molecule has 1 aromatic carbocycles. The summed E-state index contributed by atoms with van der Waals surface area (Å²) in [5, 5.41) is 6.48. The van der Waals surface area contributed by atoms with Crippen LogP contribution in [0.25, 0.3) is 0 Å². The van der Waals surface area contributed by atoms with Gasteiger partial charge >= 0.3 is 0 Å². The zero-order chi connectivity index (χ0) is 15.6. The number of hydrogen-bond donors (Lipinski definition) is 3. The van der Waals surface area contributed by atoms with Crippen LogP contribution in [0.2, 0.25) is 5.02 Å². The summed E-state index contributed by atoms with van der Waals surface area (Å²) in [6.45, 7) is 5.53. The highest BCUT2D eigenvalue weighted by Crippen LogP contribution is 2.36. The van der Waals surface area contributed by atoms with Crippen molar-refractivity contribution in [2.24, 2.45) is 17.1 Å². The van der Waals surface area contributed by atoms with Gasteiger partial charge in [0.15, 0.2) is 0 Å². The molecule has 21 heavy (non-hydrogen) atoms. The van der Waals surface area contributed by atoms with Crippen LogP contribution in [0.15, 0.2) is 18.2 Å². The van der Waals surface area contributed by atoms with Crippen LogP contribution >= 0.6 is 11.6 Å². The molecule has 4 N–H and O–H groups in total. The molecule has 0 bridgehead atoms. The molecule has 0 radical (unpaired) electrons. The van der Waals surface area contributed by atoms with Gasteiger partial charge < -0.3 is 16.4 Å². The summed E-state index contributed by atoms with van der Waals surface area (Å²) in [7, 11) is 0. The summed E-state index contributed by atoms with van der Waals surface area (Å²) in [4.78, 5) is 23.9. The maximum absolute atomic E-state index is 12.7. The number of primary amides is 1. The fourth-order valence-corrected chi connectivity index (χ4v) is 2.85. The topological polar surface area (TPSA) is 84.2 Å². The summed E-state index contributed by atoms with van der Waals surface area (Å²) in [5.74, 6) is -0.431. The lowest BCUT2D eigenvalue weighted by molar-refractivity contribution is -0.126. The summed E-state index contributed by atoms with van der Waals surface area (Å²) in [6, 6.07) is 4.61. The van der Waals surface area contributed by atoms with Crippen molar-refractivity contribution < 1.29 is 9.59 Å². The molecular weight excluding hydrogens is 290 g/mol. The molecule has 1 unspecified atom stereocenters. The van der Waals surface area contributed by atoms with E-state index in [1.807, 2.05) is 13.8 Å². The smallest absolute Gasteiger partial charge is 0.248 e. The van der Waals surface area contributed by atoms with Gasteiger partial charge in [-0.15, -0.1) is 0 Å². The molecule has 1 atom stereocenters. The van der Waals surface area contributed by atoms with Crippen molar-refractivity contribution in [3.63, 3.8) is 0 Å². The number of carbonyl (C=O) groups excluding carboxylic acids is 2. The van der Waals surface area contributed by atoms with Gasteiger partial charge in [-0.25, -0.2) is 0 Å². The molecule has 1 saturated heterocycles. The normalized spacial score (nSPS) is 21.5. The summed E-state index contributed by atoms with van der Waals surface area (Å²) >= 11 is 6.09. The molecule has 2 amide bonds. The van der Waals surface area contributed by atoms with Gasteiger partial charge in [0.05, 0.1) is 16.1 Å². The Bertz CT molecular complexity index is 566. The average molecular weight is 310 g/mol. The lowest BCUT2D eigenvalue weighted by atomic mass is 9.75. The van der Waals surface area contributed by atoms with Crippen molar-refractivity contribution in [1.82, 2.24) is 5.32 Å². The minimum atomic E-state index is -0.553. The van der Waals surface area contributed by atoms with Gasteiger partial charge in [0, 0.05) is 12.1 Å². The molecular formula is C15H20ClN3O2. The van der Waals surface area contributed by atoms with Crippen LogP contribution in [-0.4, -0.2) is 24.9 Å². The Morgan fingerprint density at radius 1 is 1.43 bits per heavy atom. The number of nitrogens with two attached hydrogens (primary N) is 1. The third-order valence-electron chi connectivity index (χ3n) is 4.24. The first kappa shape index (κ1) is 15.8. The first-order chi connectivity index (χ1) is 9.86. The van der Waals surface area contributed by atoms with Gasteiger partial charge in [-0.1, -0.05) is 25.4 Å². The van der Waals surface area contributed by atoms with Gasteiger partial charge in [0.25, 0.3) is 0 Å². The lowest BCUT2D eigenvalue weighted by Crippen LogP contribution is -2.42. The third-order valence-corrected chi connectivity index (χ3v) is 4.57. The molecule has 1 aliphatic heterocycles. The Hall–Kier alpha value is -1.59. The first-order valence-corrected chi connectivity index (χ1v) is 7.36. The van der Waals surface area contributed by atoms with Crippen molar-refractivity contribution in [3.8, 4) is 0 Å². The molecule has 0 spiro atoms. The molecule has 1 fully saturated rings. The number of amides is 2. The highest BCUT2D eigenvalue weighted by Gasteiger charge is 2.44. The fraction of sp³-hybridized carbons (Fsp3) is 0.467. The van der Waals surface area contributed by atoms with Crippen LogP contribution in [0.5, 0.6) is 0 Å². The van der Waals surface area contributed by atoms with Crippen molar-refractivity contribution in [2.75, 3.05) is 18.4 Å². The van der Waals surface area contributed by atoms with Crippen molar-refractivity contribution in [2.45, 2.75) is 20.3 Å². The molecule has 6 heteroatoms. The predicted molar refractivity (Wildman–Crippen MR) is 83.4 cm³/mol. The second-order valence-electron chi connectivity index (χ2n) is 5.75. The predicted octanol–water partition coefficient (Wildman–Crippen LogP) is 2.01. The van der Waals surface area contributed by atoms with E-state index >= 15 is 0 Å². The van der Waals surface area contributed by atoms with Gasteiger partial charge in [-0.2, -0.15) is 0 Å². The number of carbonyl (C=O) groups is 2. The Morgan fingerprint density at radius 2 is 2.14 bits per heavy atom. The molecule has 2 rings (SSSR count). The number of benzene rings is 1. The maximum Gasteiger partial charge on any atom is 0.248 e. The van der Waals surface area contributed by atoms with Crippen LogP contribution < -0.4 is 16.4 Å². The van der Waals surface area contributed by atoms with E-state index in [0.29, 0.717) is 22.8 Å². The van der Waals surface area contributed by atoms with E-state index in [0.717, 1.165) is 13.0 Å². The number of hydrogen-bond acceptors (Lipinski definition) is 3.